The number of allylic oxidation sites excluding steroid dienone is 2. The first kappa shape index (κ1) is 25.6. The van der Waals surface area contributed by atoms with Crippen molar-refractivity contribution in [3.63, 3.8) is 0 Å². The third kappa shape index (κ3) is 8.11. The SMILES string of the molecule is O=C(O)CCC/C=C\C[C@H]1C(=O)C[C@@H](O)[C@@H]1CCC(=O)COc1cccc(C(F)(F)F)c1. The standard InChI is InChI=1S/C23H27F3O6/c24-23(25,26)15-6-5-7-17(12-15)32-14-16(27)10-11-19-18(20(28)13-21(19)29)8-3-1-2-4-9-22(30)31/h1,3,5-7,12,18-19,21,29H,2,4,8-11,13-14H2,(H,30,31)/b3-1-/t18-,19-,21-/m1/s1. The summed E-state index contributed by atoms with van der Waals surface area (Å²) in [5.74, 6) is -2.15. The molecule has 32 heavy (non-hydrogen) atoms. The molecule has 6 nitrogen and oxygen atoms in total. The lowest BCUT2D eigenvalue weighted by Gasteiger charge is -2.19. The smallest absolute Gasteiger partial charge is 0.416 e. The van der Waals surface area contributed by atoms with Gasteiger partial charge in [-0.1, -0.05) is 18.2 Å². The van der Waals surface area contributed by atoms with Gasteiger partial charge in [-0.25, -0.2) is 0 Å². The summed E-state index contributed by atoms with van der Waals surface area (Å²) in [7, 11) is 0. The number of carboxylic acid groups (broad SMARTS) is 1. The number of aliphatic carboxylic acids is 1. The number of ketones is 2. The van der Waals surface area contributed by atoms with E-state index in [2.05, 4.69) is 0 Å². The van der Waals surface area contributed by atoms with Gasteiger partial charge in [-0.15, -0.1) is 0 Å². The molecular weight excluding hydrogens is 429 g/mol. The van der Waals surface area contributed by atoms with Crippen molar-refractivity contribution in [3.05, 3.63) is 42.0 Å². The summed E-state index contributed by atoms with van der Waals surface area (Å²) in [4.78, 5) is 34.9. The Morgan fingerprint density at radius 3 is 2.62 bits per heavy atom. The molecule has 1 aliphatic carbocycles. The molecule has 2 rings (SSSR count). The molecule has 0 spiro atoms. The first-order valence-electron chi connectivity index (χ1n) is 10.5. The molecule has 176 valence electrons. The fraction of sp³-hybridized carbons (Fsp3) is 0.522. The summed E-state index contributed by atoms with van der Waals surface area (Å²) in [6.45, 7) is -0.397. The summed E-state index contributed by atoms with van der Waals surface area (Å²) in [6, 6.07) is 4.27. The maximum absolute atomic E-state index is 12.7. The Labute approximate surface area is 184 Å². The van der Waals surface area contributed by atoms with Crippen LogP contribution < -0.4 is 4.74 Å². The van der Waals surface area contributed by atoms with Crippen LogP contribution in [0.2, 0.25) is 0 Å². The van der Waals surface area contributed by atoms with E-state index >= 15 is 0 Å². The molecule has 1 saturated carbocycles. The fourth-order valence-electron chi connectivity index (χ4n) is 3.77. The molecule has 0 unspecified atom stereocenters. The average Bonchev–Trinajstić information content (AvgIpc) is 2.99. The highest BCUT2D eigenvalue weighted by Gasteiger charge is 2.40. The highest BCUT2D eigenvalue weighted by atomic mass is 19.4. The van der Waals surface area contributed by atoms with Crippen LogP contribution in [0.25, 0.3) is 0 Å². The average molecular weight is 456 g/mol. The number of rotatable bonds is 12. The molecule has 1 aliphatic rings. The van der Waals surface area contributed by atoms with E-state index in [1.165, 1.54) is 12.1 Å². The first-order chi connectivity index (χ1) is 15.1. The molecule has 1 aromatic rings. The van der Waals surface area contributed by atoms with Crippen molar-refractivity contribution in [2.75, 3.05) is 6.61 Å². The van der Waals surface area contributed by atoms with E-state index in [-0.39, 0.29) is 48.9 Å². The molecule has 0 aliphatic heterocycles. The number of ether oxygens (including phenoxy) is 1. The minimum Gasteiger partial charge on any atom is -0.486 e. The molecule has 3 atom stereocenters. The van der Waals surface area contributed by atoms with E-state index in [1.807, 2.05) is 6.08 Å². The molecule has 0 bridgehead atoms. The topological polar surface area (TPSA) is 101 Å². The van der Waals surface area contributed by atoms with Crippen molar-refractivity contribution in [2.45, 2.75) is 57.2 Å². The highest BCUT2D eigenvalue weighted by molar-refractivity contribution is 5.85. The summed E-state index contributed by atoms with van der Waals surface area (Å²) in [6.07, 6.45) is 0.141. The van der Waals surface area contributed by atoms with E-state index in [4.69, 9.17) is 9.84 Å². The summed E-state index contributed by atoms with van der Waals surface area (Å²) in [5, 5.41) is 18.8. The number of benzene rings is 1. The summed E-state index contributed by atoms with van der Waals surface area (Å²) >= 11 is 0. The zero-order chi connectivity index (χ0) is 23.7. The van der Waals surface area contributed by atoms with E-state index in [0.29, 0.717) is 19.3 Å². The van der Waals surface area contributed by atoms with Crippen LogP contribution in [0.5, 0.6) is 5.75 Å². The molecule has 0 radical (unpaired) electrons. The monoisotopic (exact) mass is 456 g/mol. The predicted molar refractivity (Wildman–Crippen MR) is 109 cm³/mol. The van der Waals surface area contributed by atoms with E-state index in [9.17, 15) is 32.7 Å². The number of Topliss-reactive ketones (excluding diaryl/α,β-unsaturated/α-hetero) is 2. The number of hydrogen-bond acceptors (Lipinski definition) is 5. The van der Waals surface area contributed by atoms with Gasteiger partial charge in [-0.05, 0) is 49.8 Å². The Bertz CT molecular complexity index is 833. The van der Waals surface area contributed by atoms with Gasteiger partial charge >= 0.3 is 12.1 Å². The van der Waals surface area contributed by atoms with Gasteiger partial charge in [0.05, 0.1) is 11.7 Å². The number of alkyl halides is 3. The van der Waals surface area contributed by atoms with Gasteiger partial charge < -0.3 is 14.9 Å². The van der Waals surface area contributed by atoms with Gasteiger partial charge in [0.1, 0.15) is 18.1 Å². The number of aliphatic hydroxyl groups is 1. The third-order valence-electron chi connectivity index (χ3n) is 5.47. The predicted octanol–water partition coefficient (Wildman–Crippen LogP) is 4.20. The largest absolute Gasteiger partial charge is 0.486 e. The first-order valence-corrected chi connectivity index (χ1v) is 10.5. The summed E-state index contributed by atoms with van der Waals surface area (Å²) < 4.78 is 43.4. The number of carboxylic acids is 1. The van der Waals surface area contributed by atoms with Crippen LogP contribution >= 0.6 is 0 Å². The number of hydrogen-bond donors (Lipinski definition) is 2. The van der Waals surface area contributed by atoms with Crippen molar-refractivity contribution in [3.8, 4) is 5.75 Å². The second-order valence-corrected chi connectivity index (χ2v) is 7.89. The Hall–Kier alpha value is -2.68. The zero-order valence-electron chi connectivity index (χ0n) is 17.5. The van der Waals surface area contributed by atoms with Crippen molar-refractivity contribution < 1.29 is 42.5 Å². The minimum absolute atomic E-state index is 0.0249. The van der Waals surface area contributed by atoms with E-state index in [1.54, 1.807) is 6.08 Å². The Morgan fingerprint density at radius 1 is 1.19 bits per heavy atom. The maximum atomic E-state index is 12.7. The summed E-state index contributed by atoms with van der Waals surface area (Å²) in [5.41, 5.74) is -0.867. The van der Waals surface area contributed by atoms with E-state index < -0.39 is 36.3 Å². The molecule has 1 fully saturated rings. The lowest BCUT2D eigenvalue weighted by atomic mass is 9.87. The van der Waals surface area contributed by atoms with Crippen LogP contribution in [0, 0.1) is 11.8 Å². The number of carbonyl (C=O) groups excluding carboxylic acids is 2. The van der Waals surface area contributed by atoms with Crippen LogP contribution in [-0.4, -0.2) is 40.5 Å². The van der Waals surface area contributed by atoms with Gasteiger partial charge in [-0.2, -0.15) is 13.2 Å². The Morgan fingerprint density at radius 2 is 1.94 bits per heavy atom. The molecule has 0 saturated heterocycles. The Kier molecular flexibility index (Phi) is 9.43. The van der Waals surface area contributed by atoms with Gasteiger partial charge in [0.25, 0.3) is 0 Å². The molecule has 2 N–H and O–H groups in total. The number of halogens is 3. The van der Waals surface area contributed by atoms with Crippen molar-refractivity contribution >= 4 is 17.5 Å². The van der Waals surface area contributed by atoms with Gasteiger partial charge in [-0.3, -0.25) is 14.4 Å². The van der Waals surface area contributed by atoms with Crippen LogP contribution in [0.15, 0.2) is 36.4 Å². The fourth-order valence-corrected chi connectivity index (χ4v) is 3.77. The van der Waals surface area contributed by atoms with Crippen LogP contribution in [0.3, 0.4) is 0 Å². The third-order valence-corrected chi connectivity index (χ3v) is 5.47. The molecule has 9 heteroatoms. The zero-order valence-corrected chi connectivity index (χ0v) is 17.5. The lowest BCUT2D eigenvalue weighted by Crippen LogP contribution is -2.22. The second-order valence-electron chi connectivity index (χ2n) is 7.89. The number of unbranched alkanes of at least 4 members (excludes halogenated alkanes) is 1. The highest BCUT2D eigenvalue weighted by Crippen LogP contribution is 2.35. The van der Waals surface area contributed by atoms with E-state index in [0.717, 1.165) is 12.1 Å². The normalized spacial score (nSPS) is 21.2. The van der Waals surface area contributed by atoms with Crippen LogP contribution in [-0.2, 0) is 20.6 Å². The van der Waals surface area contributed by atoms with Crippen LogP contribution in [0.1, 0.15) is 50.5 Å². The van der Waals surface area contributed by atoms with Gasteiger partial charge in [0.15, 0.2) is 5.78 Å². The molecule has 0 heterocycles. The maximum Gasteiger partial charge on any atom is 0.416 e. The van der Waals surface area contributed by atoms with Gasteiger partial charge in [0, 0.05) is 25.2 Å². The quantitative estimate of drug-likeness (QED) is 0.361. The minimum atomic E-state index is -4.51. The Balaban J connectivity index is 1.81. The van der Waals surface area contributed by atoms with Gasteiger partial charge in [0.2, 0.25) is 0 Å². The second kappa shape index (κ2) is 11.8. The molecule has 0 amide bonds. The molecule has 1 aromatic carbocycles. The molecular formula is C23H27F3O6. The van der Waals surface area contributed by atoms with Crippen molar-refractivity contribution in [2.24, 2.45) is 11.8 Å². The number of aliphatic hydroxyl groups excluding tert-OH is 1. The number of carbonyl (C=O) groups is 3. The van der Waals surface area contributed by atoms with Crippen LogP contribution in [0.4, 0.5) is 13.2 Å². The lowest BCUT2D eigenvalue weighted by molar-refractivity contribution is -0.138. The van der Waals surface area contributed by atoms with Crippen molar-refractivity contribution in [1.29, 1.82) is 0 Å². The molecule has 0 aromatic heterocycles. The van der Waals surface area contributed by atoms with Crippen molar-refractivity contribution in [1.82, 2.24) is 0 Å².